The van der Waals surface area contributed by atoms with Crippen molar-refractivity contribution in [2.75, 3.05) is 26.2 Å². The second-order valence-corrected chi connectivity index (χ2v) is 6.95. The predicted octanol–water partition coefficient (Wildman–Crippen LogP) is 3.47. The van der Waals surface area contributed by atoms with E-state index < -0.39 is 0 Å². The van der Waals surface area contributed by atoms with Crippen molar-refractivity contribution in [2.24, 2.45) is 5.92 Å². The van der Waals surface area contributed by atoms with Crippen molar-refractivity contribution in [1.82, 2.24) is 20.0 Å². The molecule has 140 valence electrons. The van der Waals surface area contributed by atoms with Crippen molar-refractivity contribution < 1.29 is 9.21 Å². The lowest BCUT2D eigenvalue weighted by molar-refractivity contribution is -0.136. The summed E-state index contributed by atoms with van der Waals surface area (Å²) in [4.78, 5) is 16.7. The summed E-state index contributed by atoms with van der Waals surface area (Å²) in [7, 11) is 0. The molecule has 26 heavy (non-hydrogen) atoms. The van der Waals surface area contributed by atoms with Gasteiger partial charge in [-0.2, -0.15) is 0 Å². The van der Waals surface area contributed by atoms with Crippen molar-refractivity contribution in [3.8, 4) is 11.5 Å². The van der Waals surface area contributed by atoms with Crippen molar-refractivity contribution in [3.05, 3.63) is 35.2 Å². The summed E-state index contributed by atoms with van der Waals surface area (Å²) in [6, 6.07) is 7.43. The lowest BCUT2D eigenvalue weighted by Crippen LogP contribution is -2.42. The first-order valence-electron chi connectivity index (χ1n) is 9.20. The van der Waals surface area contributed by atoms with Crippen LogP contribution in [0.4, 0.5) is 0 Å². The van der Waals surface area contributed by atoms with Gasteiger partial charge in [0, 0.05) is 19.0 Å². The van der Waals surface area contributed by atoms with Gasteiger partial charge in [-0.05, 0) is 51.9 Å². The smallest absolute Gasteiger partial charge is 0.249 e. The van der Waals surface area contributed by atoms with Crippen LogP contribution in [0.5, 0.6) is 0 Å². The van der Waals surface area contributed by atoms with Crippen molar-refractivity contribution in [3.63, 3.8) is 0 Å². The molecule has 1 fully saturated rings. The van der Waals surface area contributed by atoms with Crippen LogP contribution in [0, 0.1) is 5.92 Å². The van der Waals surface area contributed by atoms with Gasteiger partial charge in [-0.25, -0.2) is 0 Å². The molecular formula is C19H25ClN4O2. The molecule has 0 radical (unpaired) electrons. The molecule has 0 atom stereocenters. The van der Waals surface area contributed by atoms with Gasteiger partial charge >= 0.3 is 0 Å². The molecule has 1 aromatic heterocycles. The molecule has 1 amide bonds. The molecule has 1 aliphatic rings. The molecule has 2 aromatic rings. The molecule has 0 spiro atoms. The number of carbonyl (C=O) groups is 1. The van der Waals surface area contributed by atoms with Gasteiger partial charge in [0.2, 0.25) is 17.7 Å². The highest BCUT2D eigenvalue weighted by Gasteiger charge is 2.28. The molecule has 3 rings (SSSR count). The van der Waals surface area contributed by atoms with Gasteiger partial charge in [0.25, 0.3) is 0 Å². The summed E-state index contributed by atoms with van der Waals surface area (Å²) in [5.74, 6) is 1.44. The zero-order chi connectivity index (χ0) is 18.5. The van der Waals surface area contributed by atoms with Gasteiger partial charge < -0.3 is 9.32 Å². The highest BCUT2D eigenvalue weighted by atomic mass is 35.5. The van der Waals surface area contributed by atoms with E-state index >= 15 is 0 Å². The molecule has 0 unspecified atom stereocenters. The summed E-state index contributed by atoms with van der Waals surface area (Å²) < 4.78 is 5.78. The fourth-order valence-electron chi connectivity index (χ4n) is 3.38. The maximum absolute atomic E-state index is 12.5. The lowest BCUT2D eigenvalue weighted by atomic mass is 9.95. The lowest BCUT2D eigenvalue weighted by Gasteiger charge is -2.33. The van der Waals surface area contributed by atoms with Crippen LogP contribution in [0.2, 0.25) is 5.02 Å². The summed E-state index contributed by atoms with van der Waals surface area (Å²) in [5, 5.41) is 8.85. The highest BCUT2D eigenvalue weighted by molar-refractivity contribution is 6.33. The van der Waals surface area contributed by atoms with Crippen LogP contribution in [-0.2, 0) is 11.3 Å². The van der Waals surface area contributed by atoms with E-state index in [1.54, 1.807) is 6.07 Å². The van der Waals surface area contributed by atoms with Gasteiger partial charge in [0.15, 0.2) is 0 Å². The number of amides is 1. The number of carbonyl (C=O) groups excluding carboxylic acids is 1. The second-order valence-electron chi connectivity index (χ2n) is 6.54. The molecule has 0 aliphatic carbocycles. The molecule has 0 bridgehead atoms. The third kappa shape index (κ3) is 4.24. The maximum atomic E-state index is 12.5. The SMILES string of the molecule is CCN(CC)C(=O)C1CCN(Cc2nnc(-c3ccccc3Cl)o2)CC1. The Balaban J connectivity index is 1.56. The minimum atomic E-state index is 0.132. The summed E-state index contributed by atoms with van der Waals surface area (Å²) in [6.45, 7) is 7.95. The van der Waals surface area contributed by atoms with Crippen molar-refractivity contribution in [1.29, 1.82) is 0 Å². The number of nitrogens with zero attached hydrogens (tertiary/aromatic N) is 4. The molecule has 1 aromatic carbocycles. The number of benzene rings is 1. The molecule has 2 heterocycles. The first kappa shape index (κ1) is 18.9. The minimum absolute atomic E-state index is 0.132. The van der Waals surface area contributed by atoms with E-state index in [4.69, 9.17) is 16.0 Å². The Bertz CT molecular complexity index is 737. The zero-order valence-electron chi connectivity index (χ0n) is 15.3. The van der Waals surface area contributed by atoms with Gasteiger partial charge in [-0.1, -0.05) is 23.7 Å². The third-order valence-electron chi connectivity index (χ3n) is 4.94. The average Bonchev–Trinajstić information content (AvgIpc) is 3.12. The Morgan fingerprint density at radius 1 is 1.23 bits per heavy atom. The Labute approximate surface area is 159 Å². The van der Waals surface area contributed by atoms with Gasteiger partial charge in [-0.3, -0.25) is 9.69 Å². The number of halogens is 1. The monoisotopic (exact) mass is 376 g/mol. The maximum Gasteiger partial charge on any atom is 0.249 e. The van der Waals surface area contributed by atoms with Crippen LogP contribution in [-0.4, -0.2) is 52.1 Å². The standard InChI is InChI=1S/C19H25ClN4O2/c1-3-24(4-2)19(25)14-9-11-23(12-10-14)13-17-21-22-18(26-17)15-7-5-6-8-16(15)20/h5-8,14H,3-4,9-13H2,1-2H3. The predicted molar refractivity (Wildman–Crippen MR) is 101 cm³/mol. The molecule has 1 saturated heterocycles. The van der Waals surface area contributed by atoms with Gasteiger partial charge in [0.05, 0.1) is 17.1 Å². The minimum Gasteiger partial charge on any atom is -0.419 e. The van der Waals surface area contributed by atoms with Crippen LogP contribution in [0.15, 0.2) is 28.7 Å². The number of hydrogen-bond donors (Lipinski definition) is 0. The zero-order valence-corrected chi connectivity index (χ0v) is 16.1. The molecule has 7 heteroatoms. The first-order valence-corrected chi connectivity index (χ1v) is 9.58. The van der Waals surface area contributed by atoms with Gasteiger partial charge in [-0.15, -0.1) is 10.2 Å². The summed E-state index contributed by atoms with van der Waals surface area (Å²) in [6.07, 6.45) is 1.75. The fraction of sp³-hybridized carbons (Fsp3) is 0.526. The second kappa shape index (κ2) is 8.64. The van der Waals surface area contributed by atoms with Crippen molar-refractivity contribution in [2.45, 2.75) is 33.2 Å². The van der Waals surface area contributed by atoms with E-state index in [0.29, 0.717) is 23.3 Å². The largest absolute Gasteiger partial charge is 0.419 e. The van der Waals surface area contributed by atoms with E-state index in [1.165, 1.54) is 0 Å². The molecule has 0 saturated carbocycles. The summed E-state index contributed by atoms with van der Waals surface area (Å²) >= 11 is 6.18. The molecular weight excluding hydrogens is 352 g/mol. The Morgan fingerprint density at radius 2 is 1.92 bits per heavy atom. The van der Waals surface area contributed by atoms with E-state index in [-0.39, 0.29) is 11.8 Å². The topological polar surface area (TPSA) is 62.5 Å². The Morgan fingerprint density at radius 3 is 2.58 bits per heavy atom. The first-order chi connectivity index (χ1) is 12.6. The third-order valence-corrected chi connectivity index (χ3v) is 5.27. The highest BCUT2D eigenvalue weighted by Crippen LogP contribution is 2.27. The fourth-order valence-corrected chi connectivity index (χ4v) is 3.60. The number of piperidine rings is 1. The van der Waals surface area contributed by atoms with Crippen LogP contribution in [0.25, 0.3) is 11.5 Å². The van der Waals surface area contributed by atoms with Gasteiger partial charge in [0.1, 0.15) is 0 Å². The van der Waals surface area contributed by atoms with E-state index in [0.717, 1.165) is 44.6 Å². The molecule has 1 aliphatic heterocycles. The quantitative estimate of drug-likeness (QED) is 0.772. The van der Waals surface area contributed by atoms with Crippen LogP contribution >= 0.6 is 11.6 Å². The number of likely N-dealkylation sites (tertiary alicyclic amines) is 1. The van der Waals surface area contributed by atoms with E-state index in [1.807, 2.05) is 36.9 Å². The number of rotatable bonds is 6. The van der Waals surface area contributed by atoms with E-state index in [2.05, 4.69) is 15.1 Å². The molecule has 0 N–H and O–H groups in total. The summed E-state index contributed by atoms with van der Waals surface area (Å²) in [5.41, 5.74) is 0.747. The number of aromatic nitrogens is 2. The van der Waals surface area contributed by atoms with Crippen molar-refractivity contribution >= 4 is 17.5 Å². The van der Waals surface area contributed by atoms with Crippen LogP contribution in [0.1, 0.15) is 32.6 Å². The number of hydrogen-bond acceptors (Lipinski definition) is 5. The Kier molecular flexibility index (Phi) is 6.27. The van der Waals surface area contributed by atoms with Crippen LogP contribution in [0.3, 0.4) is 0 Å². The normalized spacial score (nSPS) is 16.0. The average molecular weight is 377 g/mol. The van der Waals surface area contributed by atoms with E-state index in [9.17, 15) is 4.79 Å². The Hall–Kier alpha value is -1.92. The molecule has 6 nitrogen and oxygen atoms in total. The van der Waals surface area contributed by atoms with Crippen LogP contribution < -0.4 is 0 Å².